The van der Waals surface area contributed by atoms with E-state index < -0.39 is 4.92 Å². The molecule has 0 fully saturated rings. The van der Waals surface area contributed by atoms with Gasteiger partial charge in [-0.1, -0.05) is 0 Å². The minimum Gasteiger partial charge on any atom is -0.370 e. The number of hydrogen-bond donors (Lipinski definition) is 1. The number of hydrogen-bond acceptors (Lipinski definition) is 4. The fraction of sp³-hybridized carbons (Fsp3) is 0.364. The minimum absolute atomic E-state index is 0.0103. The van der Waals surface area contributed by atoms with Crippen LogP contribution in [0.3, 0.4) is 0 Å². The van der Waals surface area contributed by atoms with Crippen molar-refractivity contribution in [2.24, 2.45) is 0 Å². The third-order valence-corrected chi connectivity index (χ3v) is 2.30. The molecule has 1 aromatic rings. The molecule has 1 N–H and O–H groups in total. The molecule has 0 bridgehead atoms. The number of benzene rings is 1. The van der Waals surface area contributed by atoms with Gasteiger partial charge in [0.2, 0.25) is 5.91 Å². The highest BCUT2D eigenvalue weighted by Gasteiger charge is 2.10. The summed E-state index contributed by atoms with van der Waals surface area (Å²) in [7, 11) is 0. The second-order valence-corrected chi connectivity index (χ2v) is 3.92. The lowest BCUT2D eigenvalue weighted by molar-refractivity contribution is -0.384. The number of nitro groups is 1. The molecule has 7 heteroatoms. The molecule has 18 heavy (non-hydrogen) atoms. The highest BCUT2D eigenvalue weighted by Crippen LogP contribution is 2.20. The summed E-state index contributed by atoms with van der Waals surface area (Å²) >= 11 is 5.40. The van der Waals surface area contributed by atoms with Gasteiger partial charge in [-0.25, -0.2) is 0 Å². The Labute approximate surface area is 109 Å². The third-order valence-electron chi connectivity index (χ3n) is 2.15. The molecule has 1 rings (SSSR count). The highest BCUT2D eigenvalue weighted by molar-refractivity contribution is 6.18. The van der Waals surface area contributed by atoms with Gasteiger partial charge in [0.05, 0.1) is 11.5 Å². The summed E-state index contributed by atoms with van der Waals surface area (Å²) in [5, 5.41) is 13.2. The van der Waals surface area contributed by atoms with E-state index in [0.717, 1.165) is 0 Å². The van der Waals surface area contributed by atoms with Crippen LogP contribution in [0.5, 0.6) is 0 Å². The van der Waals surface area contributed by atoms with E-state index in [9.17, 15) is 14.9 Å². The lowest BCUT2D eigenvalue weighted by atomic mass is 10.2. The van der Waals surface area contributed by atoms with Gasteiger partial charge in [-0.05, 0) is 18.6 Å². The molecule has 0 aliphatic heterocycles. The van der Waals surface area contributed by atoms with Crippen LogP contribution in [0, 0.1) is 17.0 Å². The highest BCUT2D eigenvalue weighted by atomic mass is 35.5. The van der Waals surface area contributed by atoms with Crippen LogP contribution in [0.15, 0.2) is 18.2 Å². The van der Waals surface area contributed by atoms with E-state index in [0.29, 0.717) is 23.7 Å². The molecule has 0 atom stereocenters. The molecule has 0 aliphatic rings. The van der Waals surface area contributed by atoms with E-state index in [1.54, 1.807) is 6.92 Å². The summed E-state index contributed by atoms with van der Waals surface area (Å²) in [6, 6.07) is 4.23. The quantitative estimate of drug-likeness (QED) is 0.372. The number of halogens is 1. The van der Waals surface area contributed by atoms with Crippen molar-refractivity contribution in [1.29, 1.82) is 0 Å². The van der Waals surface area contributed by atoms with E-state index in [1.165, 1.54) is 18.2 Å². The number of anilines is 1. The maximum absolute atomic E-state index is 11.4. The van der Waals surface area contributed by atoms with Crippen molar-refractivity contribution >= 4 is 28.9 Å². The molecule has 0 spiro atoms. The first-order chi connectivity index (χ1) is 8.54. The van der Waals surface area contributed by atoms with Crippen LogP contribution in [-0.2, 0) is 9.53 Å². The molecule has 98 valence electrons. The van der Waals surface area contributed by atoms with E-state index in [-0.39, 0.29) is 18.2 Å². The number of ether oxygens (including phenoxy) is 1. The molecule has 0 aromatic heterocycles. The fourth-order valence-electron chi connectivity index (χ4n) is 1.31. The number of non-ortho nitro benzene ring substituents is 1. The number of carbonyl (C=O) groups is 1. The summed E-state index contributed by atoms with van der Waals surface area (Å²) in [6.45, 7) is 1.89. The normalized spacial score (nSPS) is 10.1. The lowest BCUT2D eigenvalue weighted by Gasteiger charge is -2.08. The average molecular weight is 273 g/mol. The average Bonchev–Trinajstić information content (AvgIpc) is 2.32. The van der Waals surface area contributed by atoms with Gasteiger partial charge in [0.15, 0.2) is 0 Å². The van der Waals surface area contributed by atoms with Gasteiger partial charge in [0, 0.05) is 23.7 Å². The first-order valence-electron chi connectivity index (χ1n) is 5.23. The number of rotatable bonds is 6. The van der Waals surface area contributed by atoms with Crippen molar-refractivity contribution in [3.8, 4) is 0 Å². The largest absolute Gasteiger partial charge is 0.370 e. The predicted molar refractivity (Wildman–Crippen MR) is 68.0 cm³/mol. The Kier molecular flexibility index (Phi) is 5.54. The zero-order valence-corrected chi connectivity index (χ0v) is 10.6. The Morgan fingerprint density at radius 3 is 2.83 bits per heavy atom. The van der Waals surface area contributed by atoms with Crippen LogP contribution in [0.1, 0.15) is 5.56 Å². The third kappa shape index (κ3) is 4.31. The molecule has 6 nitrogen and oxygen atoms in total. The summed E-state index contributed by atoms with van der Waals surface area (Å²) in [4.78, 5) is 21.5. The first kappa shape index (κ1) is 14.4. The van der Waals surface area contributed by atoms with Crippen molar-refractivity contribution in [3.05, 3.63) is 33.9 Å². The fourth-order valence-corrected chi connectivity index (χ4v) is 1.42. The number of carbonyl (C=O) groups excluding carboxylic acids is 1. The number of alkyl halides is 1. The molecule has 0 radical (unpaired) electrons. The van der Waals surface area contributed by atoms with Gasteiger partial charge in [-0.3, -0.25) is 14.9 Å². The molecular weight excluding hydrogens is 260 g/mol. The zero-order valence-electron chi connectivity index (χ0n) is 9.81. The molecule has 0 saturated carbocycles. The van der Waals surface area contributed by atoms with E-state index in [4.69, 9.17) is 16.3 Å². The molecule has 0 heterocycles. The Bertz CT molecular complexity index is 451. The SMILES string of the molecule is Cc1cc([N+](=O)[O-])ccc1NC(=O)COCCCl. The summed E-state index contributed by atoms with van der Waals surface area (Å²) in [6.07, 6.45) is 0. The van der Waals surface area contributed by atoms with Gasteiger partial charge in [0.1, 0.15) is 6.61 Å². The van der Waals surface area contributed by atoms with Crippen molar-refractivity contribution in [2.45, 2.75) is 6.92 Å². The molecule has 0 unspecified atom stereocenters. The van der Waals surface area contributed by atoms with Gasteiger partial charge in [-0.15, -0.1) is 11.6 Å². The topological polar surface area (TPSA) is 81.5 Å². The van der Waals surface area contributed by atoms with Crippen LogP contribution < -0.4 is 5.32 Å². The van der Waals surface area contributed by atoms with Crippen molar-refractivity contribution in [1.82, 2.24) is 0 Å². The second kappa shape index (κ2) is 6.93. The lowest BCUT2D eigenvalue weighted by Crippen LogP contribution is -2.19. The van der Waals surface area contributed by atoms with Gasteiger partial charge in [-0.2, -0.15) is 0 Å². The molecule has 0 saturated heterocycles. The molecule has 1 aromatic carbocycles. The van der Waals surface area contributed by atoms with E-state index >= 15 is 0 Å². The second-order valence-electron chi connectivity index (χ2n) is 3.55. The monoisotopic (exact) mass is 272 g/mol. The van der Waals surface area contributed by atoms with E-state index in [1.807, 2.05) is 0 Å². The minimum atomic E-state index is -0.484. The Morgan fingerprint density at radius 1 is 1.56 bits per heavy atom. The number of aryl methyl sites for hydroxylation is 1. The standard InChI is InChI=1S/C11H13ClN2O4/c1-8-6-9(14(16)17)2-3-10(8)13-11(15)7-18-5-4-12/h2-3,6H,4-5,7H2,1H3,(H,13,15). The van der Waals surface area contributed by atoms with Gasteiger partial charge >= 0.3 is 0 Å². The zero-order chi connectivity index (χ0) is 13.5. The number of nitro benzene ring substituents is 1. The first-order valence-corrected chi connectivity index (χ1v) is 5.76. The summed E-state index contributed by atoms with van der Waals surface area (Å²) in [5.74, 6) is 0.00110. The van der Waals surface area contributed by atoms with Crippen LogP contribution in [0.25, 0.3) is 0 Å². The van der Waals surface area contributed by atoms with Crippen LogP contribution in [0.2, 0.25) is 0 Å². The smallest absolute Gasteiger partial charge is 0.269 e. The van der Waals surface area contributed by atoms with Crippen molar-refractivity contribution < 1.29 is 14.5 Å². The van der Waals surface area contributed by atoms with Crippen LogP contribution in [0.4, 0.5) is 11.4 Å². The van der Waals surface area contributed by atoms with Gasteiger partial charge < -0.3 is 10.1 Å². The molecule has 1 amide bonds. The Morgan fingerprint density at radius 2 is 2.28 bits per heavy atom. The van der Waals surface area contributed by atoms with Crippen LogP contribution in [-0.4, -0.2) is 29.9 Å². The Hall–Kier alpha value is -1.66. The number of nitrogens with zero attached hydrogens (tertiary/aromatic N) is 1. The van der Waals surface area contributed by atoms with Crippen LogP contribution >= 0.6 is 11.6 Å². The van der Waals surface area contributed by atoms with E-state index in [2.05, 4.69) is 5.32 Å². The number of nitrogens with one attached hydrogen (secondary N) is 1. The van der Waals surface area contributed by atoms with Gasteiger partial charge in [0.25, 0.3) is 5.69 Å². The van der Waals surface area contributed by atoms with Crippen molar-refractivity contribution in [3.63, 3.8) is 0 Å². The molecule has 0 aliphatic carbocycles. The maximum atomic E-state index is 11.4. The Balaban J connectivity index is 2.62. The summed E-state index contributed by atoms with van der Waals surface area (Å²) < 4.78 is 4.97. The number of amides is 1. The maximum Gasteiger partial charge on any atom is 0.269 e. The molecular formula is C11H13ClN2O4. The van der Waals surface area contributed by atoms with Crippen molar-refractivity contribution in [2.75, 3.05) is 24.4 Å². The predicted octanol–water partition coefficient (Wildman–Crippen LogP) is 2.10. The summed E-state index contributed by atoms with van der Waals surface area (Å²) in [5.41, 5.74) is 1.14.